The van der Waals surface area contributed by atoms with Crippen molar-refractivity contribution in [2.24, 2.45) is 5.73 Å². The Kier molecular flexibility index (Phi) is 3.49. The fourth-order valence-electron chi connectivity index (χ4n) is 1.02. The van der Waals surface area contributed by atoms with E-state index >= 15 is 0 Å². The lowest BCUT2D eigenvalue weighted by Crippen LogP contribution is -2.20. The molecule has 1 aromatic rings. The molecule has 2 N–H and O–H groups in total. The molecule has 1 rings (SSSR count). The number of hydrogen-bond donors (Lipinski definition) is 1. The lowest BCUT2D eigenvalue weighted by Gasteiger charge is -2.14. The number of aromatic nitrogens is 1. The molecule has 0 aliphatic heterocycles. The van der Waals surface area contributed by atoms with E-state index in [1.165, 1.54) is 18.3 Å². The standard InChI is InChI=1S/C8H8BrF3N2/c9-7-3-5(1-2-14-7)6(13)4-8(10,11)12/h1-3,6H,4,13H2/t6-/m1/s1. The van der Waals surface area contributed by atoms with E-state index in [9.17, 15) is 13.2 Å². The summed E-state index contributed by atoms with van der Waals surface area (Å²) < 4.78 is 36.4. The molecule has 78 valence electrons. The highest BCUT2D eigenvalue weighted by Gasteiger charge is 2.30. The van der Waals surface area contributed by atoms with Crippen LogP contribution in [-0.4, -0.2) is 11.2 Å². The summed E-state index contributed by atoms with van der Waals surface area (Å²) >= 11 is 3.06. The van der Waals surface area contributed by atoms with E-state index in [0.717, 1.165) is 0 Å². The largest absolute Gasteiger partial charge is 0.390 e. The number of hydrogen-bond acceptors (Lipinski definition) is 2. The van der Waals surface area contributed by atoms with Crippen LogP contribution in [0.2, 0.25) is 0 Å². The summed E-state index contributed by atoms with van der Waals surface area (Å²) in [5.74, 6) is 0. The molecule has 1 aromatic heterocycles. The summed E-state index contributed by atoms with van der Waals surface area (Å²) in [5.41, 5.74) is 5.80. The number of rotatable bonds is 2. The molecule has 0 aliphatic rings. The monoisotopic (exact) mass is 268 g/mol. The van der Waals surface area contributed by atoms with Gasteiger partial charge in [0.2, 0.25) is 0 Å². The van der Waals surface area contributed by atoms with Gasteiger partial charge in [-0.15, -0.1) is 0 Å². The molecular weight excluding hydrogens is 261 g/mol. The smallest absolute Gasteiger partial charge is 0.324 e. The molecule has 0 spiro atoms. The van der Waals surface area contributed by atoms with E-state index < -0.39 is 18.6 Å². The Hall–Kier alpha value is -0.620. The van der Waals surface area contributed by atoms with Gasteiger partial charge in [0, 0.05) is 12.2 Å². The first-order valence-corrected chi connectivity index (χ1v) is 4.61. The van der Waals surface area contributed by atoms with Gasteiger partial charge >= 0.3 is 6.18 Å². The van der Waals surface area contributed by atoms with Crippen molar-refractivity contribution in [3.05, 3.63) is 28.5 Å². The first kappa shape index (κ1) is 11.5. The Balaban J connectivity index is 2.74. The fraction of sp³-hybridized carbons (Fsp3) is 0.375. The molecule has 0 aliphatic carbocycles. The van der Waals surface area contributed by atoms with Gasteiger partial charge in [0.15, 0.2) is 0 Å². The number of nitrogens with zero attached hydrogens (tertiary/aromatic N) is 1. The van der Waals surface area contributed by atoms with Crippen LogP contribution in [0.1, 0.15) is 18.0 Å². The van der Waals surface area contributed by atoms with Gasteiger partial charge in [-0.25, -0.2) is 4.98 Å². The van der Waals surface area contributed by atoms with Crippen molar-refractivity contribution in [2.45, 2.75) is 18.6 Å². The minimum atomic E-state index is -4.24. The summed E-state index contributed by atoms with van der Waals surface area (Å²) in [6, 6.07) is 1.92. The maximum absolute atomic E-state index is 12.0. The zero-order chi connectivity index (χ0) is 10.8. The van der Waals surface area contributed by atoms with E-state index in [2.05, 4.69) is 20.9 Å². The van der Waals surface area contributed by atoms with E-state index in [4.69, 9.17) is 5.73 Å². The molecule has 1 heterocycles. The molecule has 0 bridgehead atoms. The maximum atomic E-state index is 12.0. The van der Waals surface area contributed by atoms with Crippen molar-refractivity contribution in [3.63, 3.8) is 0 Å². The van der Waals surface area contributed by atoms with Gasteiger partial charge < -0.3 is 5.73 Å². The van der Waals surface area contributed by atoms with Crippen LogP contribution < -0.4 is 5.73 Å². The number of alkyl halides is 3. The van der Waals surface area contributed by atoms with Crippen molar-refractivity contribution < 1.29 is 13.2 Å². The number of pyridine rings is 1. The zero-order valence-corrected chi connectivity index (χ0v) is 8.64. The highest BCUT2D eigenvalue weighted by Crippen LogP contribution is 2.28. The summed E-state index contributed by atoms with van der Waals surface area (Å²) in [5, 5.41) is 0. The molecule has 0 unspecified atom stereocenters. The Labute approximate surface area is 87.4 Å². The summed E-state index contributed by atoms with van der Waals surface area (Å²) in [6.45, 7) is 0. The topological polar surface area (TPSA) is 38.9 Å². The molecule has 6 heteroatoms. The molecule has 0 aromatic carbocycles. The second-order valence-corrected chi connectivity index (χ2v) is 3.65. The molecule has 0 radical (unpaired) electrons. The Morgan fingerprint density at radius 1 is 1.50 bits per heavy atom. The van der Waals surface area contributed by atoms with Crippen LogP contribution in [-0.2, 0) is 0 Å². The van der Waals surface area contributed by atoms with Gasteiger partial charge in [-0.05, 0) is 33.6 Å². The summed E-state index contributed by atoms with van der Waals surface area (Å²) in [4.78, 5) is 3.80. The van der Waals surface area contributed by atoms with Crippen LogP contribution in [0.4, 0.5) is 13.2 Å². The highest BCUT2D eigenvalue weighted by molar-refractivity contribution is 9.10. The quantitative estimate of drug-likeness (QED) is 0.838. The second kappa shape index (κ2) is 4.27. The van der Waals surface area contributed by atoms with Crippen molar-refractivity contribution in [1.29, 1.82) is 0 Å². The van der Waals surface area contributed by atoms with Crippen LogP contribution >= 0.6 is 15.9 Å². The fourth-order valence-corrected chi connectivity index (χ4v) is 1.40. The van der Waals surface area contributed by atoms with Crippen LogP contribution in [0.15, 0.2) is 22.9 Å². The van der Waals surface area contributed by atoms with E-state index in [1.54, 1.807) is 0 Å². The Morgan fingerprint density at radius 3 is 2.64 bits per heavy atom. The number of nitrogens with two attached hydrogens (primary N) is 1. The van der Waals surface area contributed by atoms with Crippen molar-refractivity contribution >= 4 is 15.9 Å². The first-order chi connectivity index (χ1) is 6.38. The van der Waals surface area contributed by atoms with Gasteiger partial charge in [0.25, 0.3) is 0 Å². The minimum Gasteiger partial charge on any atom is -0.324 e. The predicted molar refractivity (Wildman–Crippen MR) is 49.5 cm³/mol. The van der Waals surface area contributed by atoms with Gasteiger partial charge in [0.1, 0.15) is 4.60 Å². The lowest BCUT2D eigenvalue weighted by atomic mass is 10.1. The molecule has 0 saturated heterocycles. The van der Waals surface area contributed by atoms with Crippen LogP contribution in [0.3, 0.4) is 0 Å². The summed E-state index contributed by atoms with van der Waals surface area (Å²) in [7, 11) is 0. The summed E-state index contributed by atoms with van der Waals surface area (Å²) in [6.07, 6.45) is -3.85. The Bertz CT molecular complexity index is 314. The van der Waals surface area contributed by atoms with Crippen LogP contribution in [0.25, 0.3) is 0 Å². The average molecular weight is 269 g/mol. The van der Waals surface area contributed by atoms with E-state index in [-0.39, 0.29) is 0 Å². The average Bonchev–Trinajstić information content (AvgIpc) is 2.01. The van der Waals surface area contributed by atoms with Crippen molar-refractivity contribution in [1.82, 2.24) is 4.98 Å². The molecule has 1 atom stereocenters. The lowest BCUT2D eigenvalue weighted by molar-refractivity contribution is -0.138. The third-order valence-corrected chi connectivity index (χ3v) is 2.06. The van der Waals surface area contributed by atoms with Gasteiger partial charge in [-0.1, -0.05) is 0 Å². The third-order valence-electron chi connectivity index (χ3n) is 1.63. The molecule has 0 saturated carbocycles. The zero-order valence-electron chi connectivity index (χ0n) is 7.05. The molecular formula is C8H8BrF3N2. The first-order valence-electron chi connectivity index (χ1n) is 3.82. The Morgan fingerprint density at radius 2 is 2.14 bits per heavy atom. The molecule has 2 nitrogen and oxygen atoms in total. The third kappa shape index (κ3) is 3.63. The van der Waals surface area contributed by atoms with E-state index in [0.29, 0.717) is 10.2 Å². The van der Waals surface area contributed by atoms with Crippen LogP contribution in [0, 0.1) is 0 Å². The van der Waals surface area contributed by atoms with Crippen LogP contribution in [0.5, 0.6) is 0 Å². The van der Waals surface area contributed by atoms with Gasteiger partial charge in [-0.2, -0.15) is 13.2 Å². The second-order valence-electron chi connectivity index (χ2n) is 2.84. The van der Waals surface area contributed by atoms with Crippen molar-refractivity contribution in [3.8, 4) is 0 Å². The molecule has 0 amide bonds. The predicted octanol–water partition coefficient (Wildman–Crippen LogP) is 2.80. The number of halogens is 4. The normalized spacial score (nSPS) is 14.1. The molecule has 0 fully saturated rings. The van der Waals surface area contributed by atoms with Crippen molar-refractivity contribution in [2.75, 3.05) is 0 Å². The SMILES string of the molecule is N[C@H](CC(F)(F)F)c1ccnc(Br)c1. The highest BCUT2D eigenvalue weighted by atomic mass is 79.9. The maximum Gasteiger partial charge on any atom is 0.390 e. The van der Waals surface area contributed by atoms with Gasteiger partial charge in [0.05, 0.1) is 6.42 Å². The van der Waals surface area contributed by atoms with E-state index in [1.807, 2.05) is 0 Å². The van der Waals surface area contributed by atoms with Gasteiger partial charge in [-0.3, -0.25) is 0 Å². The minimum absolute atomic E-state index is 0.421. The molecule has 14 heavy (non-hydrogen) atoms.